The highest BCUT2D eigenvalue weighted by Gasteiger charge is 2.31. The Hall–Kier alpha value is -2.08. The van der Waals surface area contributed by atoms with Crippen molar-refractivity contribution in [3.63, 3.8) is 0 Å². The lowest BCUT2D eigenvalue weighted by Gasteiger charge is -2.44. The predicted octanol–water partition coefficient (Wildman–Crippen LogP) is 5.42. The smallest absolute Gasteiger partial charge is 0.0670 e. The maximum Gasteiger partial charge on any atom is 0.0670 e. The summed E-state index contributed by atoms with van der Waals surface area (Å²) in [5.41, 5.74) is 2.70. The van der Waals surface area contributed by atoms with Crippen LogP contribution in [0.5, 0.6) is 0 Å². The van der Waals surface area contributed by atoms with Crippen molar-refractivity contribution < 1.29 is 4.74 Å². The van der Waals surface area contributed by atoms with Crippen molar-refractivity contribution in [2.24, 2.45) is 9.98 Å². The third-order valence-corrected chi connectivity index (χ3v) is 6.38. The van der Waals surface area contributed by atoms with Gasteiger partial charge in [-0.25, -0.2) is 0 Å². The van der Waals surface area contributed by atoms with Crippen molar-refractivity contribution in [3.8, 4) is 0 Å². The Morgan fingerprint density at radius 1 is 1.18 bits per heavy atom. The van der Waals surface area contributed by atoms with Crippen molar-refractivity contribution in [2.75, 3.05) is 39.8 Å². The number of hydrogen-bond donors (Lipinski definition) is 0. The highest BCUT2D eigenvalue weighted by Crippen LogP contribution is 2.22. The van der Waals surface area contributed by atoms with Gasteiger partial charge in [-0.1, -0.05) is 44.2 Å². The van der Waals surface area contributed by atoms with Crippen molar-refractivity contribution in [1.82, 2.24) is 9.80 Å². The number of hydrogen-bond acceptors (Lipinski definition) is 5. The largest absolute Gasteiger partial charge is 0.380 e. The molecule has 2 unspecified atom stereocenters. The predicted molar refractivity (Wildman–Crippen MR) is 145 cm³/mol. The van der Waals surface area contributed by atoms with Gasteiger partial charge in [-0.05, 0) is 70.1 Å². The molecule has 0 bridgehead atoms. The van der Waals surface area contributed by atoms with E-state index >= 15 is 0 Å². The van der Waals surface area contributed by atoms with E-state index in [4.69, 9.17) is 4.74 Å². The van der Waals surface area contributed by atoms with Crippen LogP contribution in [0.1, 0.15) is 51.7 Å². The molecule has 0 aliphatic rings. The first-order chi connectivity index (χ1) is 15.9. The molecule has 184 valence electrons. The van der Waals surface area contributed by atoms with E-state index in [1.54, 1.807) is 25.6 Å². The number of aryl methyl sites for hydroxylation is 1. The normalized spacial score (nSPS) is 14.9. The second-order valence-corrected chi connectivity index (χ2v) is 8.89. The number of ether oxygens (including phenoxy) is 1. The summed E-state index contributed by atoms with van der Waals surface area (Å²) in [5.74, 6) is 0. The number of aliphatic imine (C=N–C) groups is 2. The maximum absolute atomic E-state index is 5.51. The summed E-state index contributed by atoms with van der Waals surface area (Å²) in [5, 5.41) is 0. The Kier molecular flexibility index (Phi) is 14.5. The number of allylic oxidation sites excluding steroid dienone is 1. The van der Waals surface area contributed by atoms with Crippen LogP contribution in [0.4, 0.5) is 0 Å². The van der Waals surface area contributed by atoms with E-state index in [1.807, 2.05) is 6.08 Å². The Morgan fingerprint density at radius 3 is 2.45 bits per heavy atom. The van der Waals surface area contributed by atoms with Gasteiger partial charge in [-0.2, -0.15) is 0 Å². The van der Waals surface area contributed by atoms with Crippen LogP contribution in [0, 0.1) is 0 Å². The SMILES string of the molecule is C=CCN(CCCc1ccc(CN=C/C=C\N=C)cc1)C(C)(CC)CN(CC)CC(C)OC. The lowest BCUT2D eigenvalue weighted by atomic mass is 9.94. The van der Waals surface area contributed by atoms with Crippen molar-refractivity contribution in [3.05, 3.63) is 60.3 Å². The molecule has 0 aliphatic heterocycles. The van der Waals surface area contributed by atoms with E-state index in [0.29, 0.717) is 6.54 Å². The van der Waals surface area contributed by atoms with Gasteiger partial charge in [0.1, 0.15) is 0 Å². The summed E-state index contributed by atoms with van der Waals surface area (Å²) in [7, 11) is 1.79. The molecule has 2 atom stereocenters. The molecule has 1 rings (SSSR count). The van der Waals surface area contributed by atoms with Gasteiger partial charge in [-0.15, -0.1) is 6.58 Å². The molecule has 0 amide bonds. The fourth-order valence-electron chi connectivity index (χ4n) is 4.00. The van der Waals surface area contributed by atoms with Crippen LogP contribution in [0.15, 0.2) is 59.2 Å². The third kappa shape index (κ3) is 11.1. The standard InChI is InChI=1S/C28H46N4O/c1-8-20-32(28(5,9-2)24-31(10-3)23-25(4)33-7)21-11-13-26-14-16-27(17-15-26)22-30-19-12-18-29-6/h8,12,14-19,25H,1,6,9-11,13,20-24H2,2-5,7H3/b18-12-,30-19?. The lowest BCUT2D eigenvalue weighted by Crippen LogP contribution is -2.54. The average Bonchev–Trinajstić information content (AvgIpc) is 2.83. The lowest BCUT2D eigenvalue weighted by molar-refractivity contribution is 0.0332. The number of methoxy groups -OCH3 is 1. The maximum atomic E-state index is 5.51. The molecule has 0 aliphatic carbocycles. The van der Waals surface area contributed by atoms with Gasteiger partial charge < -0.3 is 4.74 Å². The summed E-state index contributed by atoms with van der Waals surface area (Å²) in [6, 6.07) is 8.81. The molecule has 0 spiro atoms. The Labute approximate surface area is 203 Å². The molecular formula is C28H46N4O. The average molecular weight is 455 g/mol. The van der Waals surface area contributed by atoms with Crippen molar-refractivity contribution in [2.45, 2.75) is 65.1 Å². The zero-order valence-corrected chi connectivity index (χ0v) is 21.7. The minimum atomic E-state index is 0.106. The number of likely N-dealkylation sites (N-methyl/N-ethyl adjacent to an activating group) is 1. The molecule has 33 heavy (non-hydrogen) atoms. The molecule has 5 heteroatoms. The summed E-state index contributed by atoms with van der Waals surface area (Å²) >= 11 is 0. The van der Waals surface area contributed by atoms with Crippen LogP contribution >= 0.6 is 0 Å². The fourth-order valence-corrected chi connectivity index (χ4v) is 4.00. The molecule has 0 N–H and O–H groups in total. The van der Waals surface area contributed by atoms with E-state index in [9.17, 15) is 0 Å². The Morgan fingerprint density at radius 2 is 1.88 bits per heavy atom. The number of benzene rings is 1. The quantitative estimate of drug-likeness (QED) is 0.220. The Balaban J connectivity index is 2.68. The summed E-state index contributed by atoms with van der Waals surface area (Å²) < 4.78 is 5.51. The van der Waals surface area contributed by atoms with Gasteiger partial charge in [0.05, 0.1) is 12.6 Å². The van der Waals surface area contributed by atoms with Crippen molar-refractivity contribution in [1.29, 1.82) is 0 Å². The Bertz CT molecular complexity index is 728. The van der Waals surface area contributed by atoms with E-state index < -0.39 is 0 Å². The van der Waals surface area contributed by atoms with Crippen LogP contribution in [-0.2, 0) is 17.7 Å². The minimum Gasteiger partial charge on any atom is -0.380 e. The number of nitrogens with zero attached hydrogens (tertiary/aromatic N) is 4. The first-order valence-electron chi connectivity index (χ1n) is 12.2. The minimum absolute atomic E-state index is 0.106. The van der Waals surface area contributed by atoms with Gasteiger partial charge in [0.15, 0.2) is 0 Å². The van der Waals surface area contributed by atoms with Crippen LogP contribution < -0.4 is 0 Å². The van der Waals surface area contributed by atoms with Gasteiger partial charge in [-0.3, -0.25) is 19.8 Å². The van der Waals surface area contributed by atoms with Crippen LogP contribution in [0.25, 0.3) is 0 Å². The molecule has 0 fully saturated rings. The van der Waals surface area contributed by atoms with E-state index in [0.717, 1.165) is 52.0 Å². The van der Waals surface area contributed by atoms with Gasteiger partial charge in [0.2, 0.25) is 0 Å². The van der Waals surface area contributed by atoms with E-state index in [-0.39, 0.29) is 11.6 Å². The second-order valence-electron chi connectivity index (χ2n) is 8.89. The first kappa shape index (κ1) is 29.0. The van der Waals surface area contributed by atoms with Gasteiger partial charge in [0, 0.05) is 44.7 Å². The van der Waals surface area contributed by atoms with Crippen LogP contribution in [0.3, 0.4) is 0 Å². The zero-order chi connectivity index (χ0) is 24.5. The first-order valence-corrected chi connectivity index (χ1v) is 12.2. The summed E-state index contributed by atoms with van der Waals surface area (Å²) in [4.78, 5) is 13.2. The summed E-state index contributed by atoms with van der Waals surface area (Å²) in [6.07, 6.45) is 10.8. The molecule has 0 saturated carbocycles. The highest BCUT2D eigenvalue weighted by molar-refractivity contribution is 5.71. The second kappa shape index (κ2) is 16.5. The molecule has 1 aromatic carbocycles. The van der Waals surface area contributed by atoms with Crippen LogP contribution in [0.2, 0.25) is 0 Å². The highest BCUT2D eigenvalue weighted by atomic mass is 16.5. The molecule has 1 aromatic rings. The molecule has 0 radical (unpaired) electrons. The zero-order valence-electron chi connectivity index (χ0n) is 21.7. The van der Waals surface area contributed by atoms with E-state index in [1.165, 1.54) is 11.1 Å². The van der Waals surface area contributed by atoms with Gasteiger partial charge in [0.25, 0.3) is 0 Å². The molecule has 0 heterocycles. The fraction of sp³-hybridized carbons (Fsp3) is 0.571. The van der Waals surface area contributed by atoms with E-state index in [2.05, 4.69) is 85.0 Å². The van der Waals surface area contributed by atoms with Crippen LogP contribution in [-0.4, -0.2) is 74.2 Å². The number of rotatable bonds is 18. The molecule has 5 nitrogen and oxygen atoms in total. The molecule has 0 aromatic heterocycles. The monoisotopic (exact) mass is 454 g/mol. The van der Waals surface area contributed by atoms with Gasteiger partial charge >= 0.3 is 0 Å². The summed E-state index contributed by atoms with van der Waals surface area (Å²) in [6.45, 7) is 22.2. The van der Waals surface area contributed by atoms with Crippen molar-refractivity contribution >= 4 is 12.9 Å². The topological polar surface area (TPSA) is 40.4 Å². The third-order valence-electron chi connectivity index (χ3n) is 6.38. The molecule has 0 saturated heterocycles. The molecular weight excluding hydrogens is 408 g/mol.